The van der Waals surface area contributed by atoms with E-state index >= 15 is 0 Å². The van der Waals surface area contributed by atoms with Gasteiger partial charge in [-0.1, -0.05) is 12.1 Å². The topological polar surface area (TPSA) is 85.6 Å². The van der Waals surface area contributed by atoms with Gasteiger partial charge in [-0.15, -0.1) is 0 Å². The molecule has 0 atom stereocenters. The monoisotopic (exact) mass is 337 g/mol. The van der Waals surface area contributed by atoms with Gasteiger partial charge in [-0.3, -0.25) is 9.59 Å². The maximum atomic E-state index is 12.4. The third-order valence-electron chi connectivity index (χ3n) is 3.72. The van der Waals surface area contributed by atoms with Gasteiger partial charge >= 0.3 is 5.63 Å². The summed E-state index contributed by atoms with van der Waals surface area (Å²) in [6.07, 6.45) is 0. The molecule has 1 aromatic heterocycles. The highest BCUT2D eigenvalue weighted by Crippen LogP contribution is 2.20. The highest BCUT2D eigenvalue weighted by atomic mass is 16.5. The Bertz CT molecular complexity index is 1040. The normalized spacial score (nSPS) is 10.5. The number of ketones is 1. The Labute approximate surface area is 143 Å². The molecule has 6 nitrogen and oxygen atoms in total. The molecule has 0 saturated carbocycles. The van der Waals surface area contributed by atoms with E-state index in [4.69, 9.17) is 9.15 Å². The van der Waals surface area contributed by atoms with Crippen molar-refractivity contribution in [1.29, 1.82) is 0 Å². The molecule has 0 radical (unpaired) electrons. The van der Waals surface area contributed by atoms with Gasteiger partial charge in [0.15, 0.2) is 11.5 Å². The van der Waals surface area contributed by atoms with E-state index in [0.717, 1.165) is 0 Å². The van der Waals surface area contributed by atoms with Crippen molar-refractivity contribution in [3.05, 3.63) is 70.3 Å². The number of hydrogen-bond donors (Lipinski definition) is 1. The number of carbonyl (C=O) groups is 2. The maximum Gasteiger partial charge on any atom is 0.344 e. The van der Waals surface area contributed by atoms with Crippen LogP contribution in [0.4, 0.5) is 5.69 Å². The highest BCUT2D eigenvalue weighted by molar-refractivity contribution is 6.04. The van der Waals surface area contributed by atoms with E-state index in [1.807, 2.05) is 0 Å². The number of amides is 1. The average Bonchev–Trinajstić information content (AvgIpc) is 2.61. The van der Waals surface area contributed by atoms with Gasteiger partial charge in [0.1, 0.15) is 5.75 Å². The molecule has 0 fully saturated rings. The van der Waals surface area contributed by atoms with Gasteiger partial charge in [-0.2, -0.15) is 0 Å². The van der Waals surface area contributed by atoms with E-state index in [2.05, 4.69) is 5.32 Å². The molecule has 126 valence electrons. The van der Waals surface area contributed by atoms with E-state index in [0.29, 0.717) is 27.8 Å². The third kappa shape index (κ3) is 3.42. The van der Waals surface area contributed by atoms with Crippen molar-refractivity contribution in [2.24, 2.45) is 0 Å². The van der Waals surface area contributed by atoms with Gasteiger partial charge < -0.3 is 14.5 Å². The molecule has 6 heteroatoms. The lowest BCUT2D eigenvalue weighted by Crippen LogP contribution is -2.15. The van der Waals surface area contributed by atoms with Crippen LogP contribution in [0.3, 0.4) is 0 Å². The molecule has 0 saturated heterocycles. The van der Waals surface area contributed by atoms with Crippen molar-refractivity contribution >= 4 is 28.2 Å². The minimum absolute atomic E-state index is 0.111. The number of hydrogen-bond acceptors (Lipinski definition) is 5. The highest BCUT2D eigenvalue weighted by Gasteiger charge is 2.13. The molecular formula is C19H15NO5. The van der Waals surface area contributed by atoms with Crippen molar-refractivity contribution < 1.29 is 18.7 Å². The zero-order chi connectivity index (χ0) is 18.0. The smallest absolute Gasteiger partial charge is 0.344 e. The SMILES string of the molecule is COc1ccc2c(=O)oc(C(=O)Nc3cccc(C(C)=O)c3)cc2c1. The Kier molecular flexibility index (Phi) is 4.35. The first-order valence-corrected chi connectivity index (χ1v) is 7.52. The minimum Gasteiger partial charge on any atom is -0.497 e. The maximum absolute atomic E-state index is 12.4. The zero-order valence-electron chi connectivity index (χ0n) is 13.7. The minimum atomic E-state index is -0.609. The lowest BCUT2D eigenvalue weighted by molar-refractivity contribution is 0.0989. The fourth-order valence-electron chi connectivity index (χ4n) is 2.42. The standard InChI is InChI=1S/C19H15NO5/c1-11(21)12-4-3-5-14(8-12)20-18(22)17-10-13-9-15(24-2)6-7-16(13)19(23)25-17/h3-10H,1-2H3,(H,20,22). The summed E-state index contributed by atoms with van der Waals surface area (Å²) in [6.45, 7) is 1.44. The van der Waals surface area contributed by atoms with E-state index < -0.39 is 11.5 Å². The molecular weight excluding hydrogens is 322 g/mol. The molecule has 0 aliphatic rings. The molecule has 0 aliphatic carbocycles. The van der Waals surface area contributed by atoms with Gasteiger partial charge in [0.25, 0.3) is 5.91 Å². The van der Waals surface area contributed by atoms with Crippen LogP contribution in [0, 0.1) is 0 Å². The van der Waals surface area contributed by atoms with E-state index in [9.17, 15) is 14.4 Å². The van der Waals surface area contributed by atoms with Crippen LogP contribution in [0.15, 0.2) is 57.7 Å². The number of rotatable bonds is 4. The molecule has 0 unspecified atom stereocenters. The largest absolute Gasteiger partial charge is 0.497 e. The van der Waals surface area contributed by atoms with Crippen LogP contribution in [0.1, 0.15) is 27.8 Å². The quantitative estimate of drug-likeness (QED) is 0.739. The average molecular weight is 337 g/mol. The number of methoxy groups -OCH3 is 1. The molecule has 1 heterocycles. The van der Waals surface area contributed by atoms with Crippen LogP contribution in [0.5, 0.6) is 5.75 Å². The molecule has 3 rings (SSSR count). The Morgan fingerprint density at radius 3 is 2.60 bits per heavy atom. The van der Waals surface area contributed by atoms with Crippen molar-refractivity contribution in [3.63, 3.8) is 0 Å². The predicted octanol–water partition coefficient (Wildman–Crippen LogP) is 3.26. The summed E-state index contributed by atoms with van der Waals surface area (Å²) < 4.78 is 10.2. The first-order valence-electron chi connectivity index (χ1n) is 7.52. The summed E-state index contributed by atoms with van der Waals surface area (Å²) in [7, 11) is 1.52. The predicted molar refractivity (Wildman–Crippen MR) is 93.4 cm³/mol. The van der Waals surface area contributed by atoms with E-state index in [1.54, 1.807) is 42.5 Å². The van der Waals surface area contributed by atoms with Crippen LogP contribution < -0.4 is 15.7 Å². The summed E-state index contributed by atoms with van der Waals surface area (Å²) in [6, 6.07) is 12.9. The van der Waals surface area contributed by atoms with Crippen molar-refractivity contribution in [3.8, 4) is 5.75 Å². The third-order valence-corrected chi connectivity index (χ3v) is 3.72. The van der Waals surface area contributed by atoms with Crippen molar-refractivity contribution in [2.75, 3.05) is 12.4 Å². The van der Waals surface area contributed by atoms with Crippen molar-refractivity contribution in [1.82, 2.24) is 0 Å². The van der Waals surface area contributed by atoms with Gasteiger partial charge in [-0.05, 0) is 48.7 Å². The first-order chi connectivity index (χ1) is 12.0. The summed E-state index contributed by atoms with van der Waals surface area (Å²) in [5.41, 5.74) is 0.302. The van der Waals surface area contributed by atoms with Crippen LogP contribution in [0.2, 0.25) is 0 Å². The van der Waals surface area contributed by atoms with Gasteiger partial charge in [0.2, 0.25) is 0 Å². The molecule has 25 heavy (non-hydrogen) atoms. The molecule has 1 amide bonds. The second kappa shape index (κ2) is 6.60. The molecule has 2 aromatic carbocycles. The number of ether oxygens (including phenoxy) is 1. The van der Waals surface area contributed by atoms with Crippen LogP contribution in [-0.2, 0) is 0 Å². The second-order valence-corrected chi connectivity index (χ2v) is 5.44. The van der Waals surface area contributed by atoms with Crippen molar-refractivity contribution in [2.45, 2.75) is 6.92 Å². The fraction of sp³-hybridized carbons (Fsp3) is 0.105. The number of nitrogens with one attached hydrogen (secondary N) is 1. The molecule has 1 N–H and O–H groups in total. The second-order valence-electron chi connectivity index (χ2n) is 5.44. The lowest BCUT2D eigenvalue weighted by Gasteiger charge is -2.07. The zero-order valence-corrected chi connectivity index (χ0v) is 13.7. The first kappa shape index (κ1) is 16.4. The van der Waals surface area contributed by atoms with Crippen LogP contribution >= 0.6 is 0 Å². The van der Waals surface area contributed by atoms with E-state index in [1.165, 1.54) is 20.1 Å². The number of benzene rings is 2. The molecule has 3 aromatic rings. The summed E-state index contributed by atoms with van der Waals surface area (Å²) >= 11 is 0. The Morgan fingerprint density at radius 1 is 1.08 bits per heavy atom. The summed E-state index contributed by atoms with van der Waals surface area (Å²) in [5.74, 6) is -0.249. The lowest BCUT2D eigenvalue weighted by atomic mass is 10.1. The van der Waals surface area contributed by atoms with Gasteiger partial charge in [0, 0.05) is 11.3 Å². The van der Waals surface area contributed by atoms with E-state index in [-0.39, 0.29) is 11.5 Å². The number of Topliss-reactive ketones (excluding diaryl/α,β-unsaturated/α-hetero) is 1. The Hall–Kier alpha value is -3.41. The van der Waals surface area contributed by atoms with Crippen LogP contribution in [0.25, 0.3) is 10.8 Å². The number of anilines is 1. The van der Waals surface area contributed by atoms with Crippen LogP contribution in [-0.4, -0.2) is 18.8 Å². The van der Waals surface area contributed by atoms with Gasteiger partial charge in [0.05, 0.1) is 12.5 Å². The summed E-state index contributed by atoms with van der Waals surface area (Å²) in [4.78, 5) is 35.9. The number of carbonyl (C=O) groups excluding carboxylic acids is 2. The Morgan fingerprint density at radius 2 is 1.88 bits per heavy atom. The molecule has 0 spiro atoms. The van der Waals surface area contributed by atoms with Gasteiger partial charge in [-0.25, -0.2) is 4.79 Å². The summed E-state index contributed by atoms with van der Waals surface area (Å²) in [5, 5.41) is 3.52. The fourth-order valence-corrected chi connectivity index (χ4v) is 2.42. The molecule has 0 aliphatic heterocycles. The number of fused-ring (bicyclic) bond motifs is 1. The molecule has 0 bridgehead atoms. The Balaban J connectivity index is 1.95.